The number of hydrogen-bond acceptors (Lipinski definition) is 8. The Balaban J connectivity index is 1.31. The maximum Gasteiger partial charge on any atom is 0.239 e. The maximum absolute atomic E-state index is 14.6. The fourth-order valence-corrected chi connectivity index (χ4v) is 10.1. The molecule has 3 heterocycles. The molecule has 0 radical (unpaired) electrons. The van der Waals surface area contributed by atoms with E-state index < -0.39 is 43.5 Å². The lowest BCUT2D eigenvalue weighted by molar-refractivity contribution is -0.133. The molecule has 0 spiro atoms. The average molecular weight is 922 g/mol. The van der Waals surface area contributed by atoms with E-state index in [9.17, 15) is 14.7 Å². The Bertz CT molecular complexity index is 2060. The predicted octanol–water partition coefficient (Wildman–Crippen LogP) is 7.98. The molecule has 0 unspecified atom stereocenters. The summed E-state index contributed by atoms with van der Waals surface area (Å²) in [6.45, 7) is 23.9. The number of rotatable bonds is 13. The average Bonchev–Trinajstić information content (AvgIpc) is 3.73. The Morgan fingerprint density at radius 3 is 2.36 bits per heavy atom. The van der Waals surface area contributed by atoms with Crippen molar-refractivity contribution in [1.82, 2.24) is 25.4 Å². The number of benzene rings is 2. The summed E-state index contributed by atoms with van der Waals surface area (Å²) in [5.41, 5.74) is 2.99. The van der Waals surface area contributed by atoms with Crippen molar-refractivity contribution >= 4 is 53.7 Å². The quantitative estimate of drug-likeness (QED) is 0.0913. The molecule has 5 atom stereocenters. The van der Waals surface area contributed by atoms with Crippen LogP contribution in [-0.4, -0.2) is 90.0 Å². The molecule has 2 aromatic heterocycles. The number of carbonyl (C=O) groups excluding carboxylic acids is 2. The van der Waals surface area contributed by atoms with Gasteiger partial charge in [-0.05, 0) is 111 Å². The zero-order valence-electron chi connectivity index (χ0n) is 36.1. The number of halogens is 1. The molecule has 1 fully saturated rings. The summed E-state index contributed by atoms with van der Waals surface area (Å²) in [4.78, 5) is 38.0. The van der Waals surface area contributed by atoms with Gasteiger partial charge < -0.3 is 24.6 Å². The van der Waals surface area contributed by atoms with Gasteiger partial charge in [-0.1, -0.05) is 75.4 Å². The summed E-state index contributed by atoms with van der Waals surface area (Å²) in [5, 5.41) is 18.6. The van der Waals surface area contributed by atoms with Gasteiger partial charge in [-0.2, -0.15) is 0 Å². The van der Waals surface area contributed by atoms with Crippen LogP contribution in [0, 0.1) is 9.49 Å². The summed E-state index contributed by atoms with van der Waals surface area (Å²) in [7, 11) is -2.36. The van der Waals surface area contributed by atoms with Gasteiger partial charge in [0.2, 0.25) is 11.8 Å². The summed E-state index contributed by atoms with van der Waals surface area (Å²) in [5.74, 6) is 0.262. The lowest BCUT2D eigenvalue weighted by atomic mass is 9.91. The van der Waals surface area contributed by atoms with Gasteiger partial charge in [0.25, 0.3) is 0 Å². The van der Waals surface area contributed by atoms with Gasteiger partial charge in [-0.15, -0.1) is 0 Å². The minimum Gasteiger partial charge on any atom is -0.458 e. The van der Waals surface area contributed by atoms with Crippen LogP contribution in [0.5, 0.6) is 0 Å². The Hall–Kier alpha value is -3.14. The topological polar surface area (TPSA) is 120 Å². The van der Waals surface area contributed by atoms with Crippen LogP contribution in [0.4, 0.5) is 0 Å². The molecule has 6 rings (SSSR count). The van der Waals surface area contributed by atoms with E-state index in [4.69, 9.17) is 8.84 Å². The molecule has 314 valence electrons. The smallest absolute Gasteiger partial charge is 0.239 e. The molecule has 10 nitrogen and oxygen atoms in total. The predicted molar refractivity (Wildman–Crippen MR) is 242 cm³/mol. The number of aromatic nitrogens is 1. The van der Waals surface area contributed by atoms with Crippen LogP contribution < -0.4 is 10.6 Å². The van der Waals surface area contributed by atoms with E-state index >= 15 is 0 Å². The van der Waals surface area contributed by atoms with Gasteiger partial charge in [0, 0.05) is 61.8 Å². The molecule has 2 amide bonds. The third-order valence-corrected chi connectivity index (χ3v) is 17.8. The minimum atomic E-state index is -2.36. The van der Waals surface area contributed by atoms with Gasteiger partial charge in [0.15, 0.2) is 13.9 Å². The van der Waals surface area contributed by atoms with Crippen molar-refractivity contribution in [3.63, 3.8) is 0 Å². The van der Waals surface area contributed by atoms with Gasteiger partial charge in [0.1, 0.15) is 11.8 Å². The minimum absolute atomic E-state index is 0.0325. The number of pyridine rings is 1. The number of carbonyl (C=O) groups is 2. The first-order chi connectivity index (χ1) is 27.1. The van der Waals surface area contributed by atoms with Crippen LogP contribution in [0.3, 0.4) is 0 Å². The van der Waals surface area contributed by atoms with Gasteiger partial charge in [-0.3, -0.25) is 24.4 Å². The van der Waals surface area contributed by atoms with Crippen molar-refractivity contribution in [1.29, 1.82) is 0 Å². The molecule has 4 aromatic rings. The Morgan fingerprint density at radius 1 is 1.00 bits per heavy atom. The lowest BCUT2D eigenvalue weighted by Crippen LogP contribution is -2.64. The second kappa shape index (κ2) is 17.5. The molecule has 2 aliphatic rings. The summed E-state index contributed by atoms with van der Waals surface area (Å²) in [6.07, 6.45) is 4.10. The third kappa shape index (κ3) is 10.2. The van der Waals surface area contributed by atoms with E-state index in [-0.39, 0.29) is 23.0 Å². The van der Waals surface area contributed by atoms with E-state index in [2.05, 4.69) is 114 Å². The van der Waals surface area contributed by atoms with Crippen LogP contribution in [0.25, 0.3) is 11.0 Å². The molecule has 12 heteroatoms. The van der Waals surface area contributed by atoms with Crippen LogP contribution in [-0.2, 0) is 32.4 Å². The number of piperazine rings is 1. The molecule has 3 N–H and O–H groups in total. The van der Waals surface area contributed by atoms with E-state index in [1.54, 1.807) is 0 Å². The largest absolute Gasteiger partial charge is 0.458 e. The highest BCUT2D eigenvalue weighted by Crippen LogP contribution is 2.40. The van der Waals surface area contributed by atoms with Crippen LogP contribution in [0.2, 0.25) is 18.1 Å². The molecular weight excluding hydrogens is 858 g/mol. The van der Waals surface area contributed by atoms with Crippen molar-refractivity contribution in [2.75, 3.05) is 26.2 Å². The SMILES string of the molecule is CC(C)(C)NC(=O)[C@@H]1CN(C(C)(C)c2cc3cncc(I)c3o2)CCN1C[C@H](C[C@@H](Cc1ccccc1)C(=O)N[C@H]1c2ccccc2C[C@H]1O)O[Si](C)(C)C(C)(C)C. The second-order valence-electron chi connectivity index (χ2n) is 19.5. The number of nitrogens with one attached hydrogen (secondary N) is 2. The molecule has 1 aliphatic carbocycles. The van der Waals surface area contributed by atoms with Crippen molar-refractivity contribution in [2.24, 2.45) is 5.92 Å². The van der Waals surface area contributed by atoms with Crippen molar-refractivity contribution in [3.05, 3.63) is 99.1 Å². The van der Waals surface area contributed by atoms with E-state index in [1.807, 2.05) is 75.6 Å². The normalized spacial score (nSPS) is 20.8. The fourth-order valence-electron chi connectivity index (χ4n) is 8.17. The van der Waals surface area contributed by atoms with Crippen molar-refractivity contribution in [2.45, 2.75) is 128 Å². The highest BCUT2D eigenvalue weighted by Gasteiger charge is 2.45. The molecule has 58 heavy (non-hydrogen) atoms. The number of aliphatic hydroxyl groups excluding tert-OH is 1. The summed E-state index contributed by atoms with van der Waals surface area (Å²) < 4.78 is 14.8. The molecular formula is C46H64IN5O5Si. The van der Waals surface area contributed by atoms with Crippen LogP contribution >= 0.6 is 22.6 Å². The molecule has 1 saturated heterocycles. The van der Waals surface area contributed by atoms with E-state index in [0.29, 0.717) is 45.4 Å². The fraction of sp³-hybridized carbons (Fsp3) is 0.543. The molecule has 0 bridgehead atoms. The van der Waals surface area contributed by atoms with Crippen LogP contribution in [0.1, 0.15) is 90.3 Å². The standard InChI is InChI=1S/C46H64IN5O5Si/c1-44(2,3)50-43(55)37-29-52(46(7,8)39-25-33-26-48-27-36(47)41(33)56-39)21-20-51(37)28-34(57-58(9,10)45(4,5)6)23-32(22-30-16-12-11-13-17-30)42(54)49-40-35-19-15-14-18-31(35)24-38(40)53/h11-19,25-27,32,34,37-38,40,53H,20-24,28-29H2,1-10H3,(H,49,54)(H,50,55)/t32-,34+,37+,38-,40+/m1/s1. The Labute approximate surface area is 360 Å². The van der Waals surface area contributed by atoms with E-state index in [0.717, 1.165) is 37.0 Å². The Kier molecular flexibility index (Phi) is 13.4. The first-order valence-corrected chi connectivity index (χ1v) is 24.7. The number of fused-ring (bicyclic) bond motifs is 2. The van der Waals surface area contributed by atoms with Crippen molar-refractivity contribution in [3.8, 4) is 0 Å². The van der Waals surface area contributed by atoms with Gasteiger partial charge in [-0.25, -0.2) is 0 Å². The number of amides is 2. The van der Waals surface area contributed by atoms with Gasteiger partial charge in [0.05, 0.1) is 27.4 Å². The first-order valence-electron chi connectivity index (χ1n) is 20.8. The lowest BCUT2D eigenvalue weighted by Gasteiger charge is -2.48. The molecule has 0 saturated carbocycles. The number of nitrogens with zero attached hydrogens (tertiary/aromatic N) is 3. The molecule has 1 aliphatic heterocycles. The van der Waals surface area contributed by atoms with Crippen molar-refractivity contribution < 1.29 is 23.5 Å². The Morgan fingerprint density at radius 2 is 1.69 bits per heavy atom. The zero-order valence-corrected chi connectivity index (χ0v) is 39.2. The maximum atomic E-state index is 14.6. The summed E-state index contributed by atoms with van der Waals surface area (Å²) in [6, 6.07) is 19.2. The summed E-state index contributed by atoms with van der Waals surface area (Å²) >= 11 is 2.26. The number of hydrogen-bond donors (Lipinski definition) is 3. The monoisotopic (exact) mass is 921 g/mol. The highest BCUT2D eigenvalue weighted by atomic mass is 127. The number of furan rings is 1. The number of aliphatic hydroxyl groups is 1. The second-order valence-corrected chi connectivity index (χ2v) is 25.4. The molecule has 2 aromatic carbocycles. The highest BCUT2D eigenvalue weighted by molar-refractivity contribution is 14.1. The zero-order chi connectivity index (χ0) is 42.2. The van der Waals surface area contributed by atoms with Crippen LogP contribution in [0.15, 0.2) is 77.5 Å². The van der Waals surface area contributed by atoms with Gasteiger partial charge >= 0.3 is 0 Å². The third-order valence-electron chi connectivity index (χ3n) is 12.5. The van der Waals surface area contributed by atoms with E-state index in [1.165, 1.54) is 0 Å². The first kappa shape index (κ1) is 44.4.